The van der Waals surface area contributed by atoms with Crippen molar-refractivity contribution in [2.45, 2.75) is 6.54 Å². The molecule has 3 nitrogen and oxygen atoms in total. The minimum atomic E-state index is -0.273. The highest BCUT2D eigenvalue weighted by atomic mass is 19.1. The third-order valence-electron chi connectivity index (χ3n) is 3.33. The van der Waals surface area contributed by atoms with Crippen LogP contribution in [0.5, 0.6) is 0 Å². The summed E-state index contributed by atoms with van der Waals surface area (Å²) in [5, 5.41) is 7.27. The number of aromatic nitrogens is 2. The SMILES string of the molecule is CNCc1ccc(-n2cc(-c3ccccc3)cn2)c(F)c1. The molecule has 0 radical (unpaired) electrons. The van der Waals surface area contributed by atoms with Gasteiger partial charge in [-0.2, -0.15) is 5.10 Å². The second-order valence-corrected chi connectivity index (χ2v) is 4.86. The molecule has 0 fully saturated rings. The van der Waals surface area contributed by atoms with E-state index in [1.807, 2.05) is 49.6 Å². The second kappa shape index (κ2) is 5.89. The zero-order valence-corrected chi connectivity index (χ0v) is 11.8. The number of rotatable bonds is 4. The van der Waals surface area contributed by atoms with Gasteiger partial charge in [-0.3, -0.25) is 0 Å². The zero-order chi connectivity index (χ0) is 14.7. The Labute approximate surface area is 123 Å². The van der Waals surface area contributed by atoms with Crippen LogP contribution in [0.4, 0.5) is 4.39 Å². The quantitative estimate of drug-likeness (QED) is 0.794. The van der Waals surface area contributed by atoms with E-state index < -0.39 is 0 Å². The van der Waals surface area contributed by atoms with Crippen LogP contribution in [0, 0.1) is 5.82 Å². The highest BCUT2D eigenvalue weighted by molar-refractivity contribution is 5.62. The van der Waals surface area contributed by atoms with E-state index in [0.717, 1.165) is 16.7 Å². The molecule has 3 rings (SSSR count). The lowest BCUT2D eigenvalue weighted by Gasteiger charge is -2.06. The van der Waals surface area contributed by atoms with Gasteiger partial charge in [0.05, 0.1) is 6.20 Å². The molecule has 1 heterocycles. The van der Waals surface area contributed by atoms with Gasteiger partial charge in [-0.1, -0.05) is 36.4 Å². The standard InChI is InChI=1S/C17H16FN3/c1-19-10-13-7-8-17(16(18)9-13)21-12-15(11-20-21)14-5-3-2-4-6-14/h2-9,11-12,19H,10H2,1H3. The fourth-order valence-electron chi connectivity index (χ4n) is 2.28. The van der Waals surface area contributed by atoms with E-state index in [2.05, 4.69) is 10.4 Å². The Balaban J connectivity index is 1.93. The average Bonchev–Trinajstić information content (AvgIpc) is 2.98. The van der Waals surface area contributed by atoms with Crippen molar-refractivity contribution in [2.75, 3.05) is 7.05 Å². The first-order chi connectivity index (χ1) is 10.3. The predicted molar refractivity (Wildman–Crippen MR) is 81.7 cm³/mol. The van der Waals surface area contributed by atoms with Gasteiger partial charge in [-0.25, -0.2) is 9.07 Å². The van der Waals surface area contributed by atoms with Crippen molar-refractivity contribution in [1.82, 2.24) is 15.1 Å². The molecular formula is C17H16FN3. The van der Waals surface area contributed by atoms with Crippen LogP contribution in [0.3, 0.4) is 0 Å². The lowest BCUT2D eigenvalue weighted by molar-refractivity contribution is 0.607. The molecule has 0 saturated carbocycles. The molecule has 4 heteroatoms. The molecule has 0 unspecified atom stereocenters. The van der Waals surface area contributed by atoms with Crippen molar-refractivity contribution < 1.29 is 4.39 Å². The molecule has 0 bridgehead atoms. The van der Waals surface area contributed by atoms with Crippen molar-refractivity contribution in [2.24, 2.45) is 0 Å². The summed E-state index contributed by atoms with van der Waals surface area (Å²) in [6.45, 7) is 0.644. The van der Waals surface area contributed by atoms with E-state index in [1.165, 1.54) is 6.07 Å². The maximum atomic E-state index is 14.2. The minimum Gasteiger partial charge on any atom is -0.316 e. The second-order valence-electron chi connectivity index (χ2n) is 4.86. The Morgan fingerprint density at radius 1 is 1.10 bits per heavy atom. The molecule has 0 aliphatic rings. The van der Waals surface area contributed by atoms with E-state index >= 15 is 0 Å². The molecular weight excluding hydrogens is 265 g/mol. The highest BCUT2D eigenvalue weighted by Crippen LogP contribution is 2.21. The topological polar surface area (TPSA) is 29.9 Å². The molecule has 0 atom stereocenters. The minimum absolute atomic E-state index is 0.273. The average molecular weight is 281 g/mol. The summed E-state index contributed by atoms with van der Waals surface area (Å²) in [6, 6.07) is 15.1. The van der Waals surface area contributed by atoms with E-state index in [1.54, 1.807) is 16.9 Å². The first-order valence-electron chi connectivity index (χ1n) is 6.81. The number of benzene rings is 2. The van der Waals surface area contributed by atoms with Gasteiger partial charge in [-0.05, 0) is 30.3 Å². The van der Waals surface area contributed by atoms with Gasteiger partial charge in [-0.15, -0.1) is 0 Å². The van der Waals surface area contributed by atoms with Crippen LogP contribution in [0.15, 0.2) is 60.9 Å². The fraction of sp³-hybridized carbons (Fsp3) is 0.118. The van der Waals surface area contributed by atoms with Gasteiger partial charge in [0.15, 0.2) is 0 Å². The Bertz CT molecular complexity index is 735. The Kier molecular flexibility index (Phi) is 3.79. The van der Waals surface area contributed by atoms with Crippen LogP contribution in [0.2, 0.25) is 0 Å². The number of hydrogen-bond donors (Lipinski definition) is 1. The van der Waals surface area contributed by atoms with Crippen LogP contribution in [0.1, 0.15) is 5.56 Å². The van der Waals surface area contributed by atoms with Gasteiger partial charge >= 0.3 is 0 Å². The summed E-state index contributed by atoms with van der Waals surface area (Å²) in [5.41, 5.74) is 3.40. The molecule has 106 valence electrons. The summed E-state index contributed by atoms with van der Waals surface area (Å²) in [4.78, 5) is 0. The monoisotopic (exact) mass is 281 g/mol. The molecule has 0 aliphatic carbocycles. The normalized spacial score (nSPS) is 10.8. The van der Waals surface area contributed by atoms with Gasteiger partial charge in [0.2, 0.25) is 0 Å². The van der Waals surface area contributed by atoms with Crippen molar-refractivity contribution in [3.63, 3.8) is 0 Å². The number of nitrogens with zero attached hydrogens (tertiary/aromatic N) is 2. The van der Waals surface area contributed by atoms with Crippen molar-refractivity contribution in [3.8, 4) is 16.8 Å². The fourth-order valence-corrected chi connectivity index (χ4v) is 2.28. The highest BCUT2D eigenvalue weighted by Gasteiger charge is 2.08. The smallest absolute Gasteiger partial charge is 0.149 e. The summed E-state index contributed by atoms with van der Waals surface area (Å²) in [7, 11) is 1.84. The molecule has 2 aromatic carbocycles. The summed E-state index contributed by atoms with van der Waals surface area (Å²) in [5.74, 6) is -0.273. The molecule has 3 aromatic rings. The third kappa shape index (κ3) is 2.85. The van der Waals surface area contributed by atoms with Crippen LogP contribution < -0.4 is 5.32 Å². The maximum absolute atomic E-state index is 14.2. The Hall–Kier alpha value is -2.46. The van der Waals surface area contributed by atoms with Crippen molar-refractivity contribution in [1.29, 1.82) is 0 Å². The zero-order valence-electron chi connectivity index (χ0n) is 11.8. The molecule has 0 aliphatic heterocycles. The summed E-state index contributed by atoms with van der Waals surface area (Å²) >= 11 is 0. The molecule has 1 N–H and O–H groups in total. The van der Waals surface area contributed by atoms with Gasteiger partial charge in [0.25, 0.3) is 0 Å². The van der Waals surface area contributed by atoms with E-state index in [-0.39, 0.29) is 5.82 Å². The van der Waals surface area contributed by atoms with Gasteiger partial charge < -0.3 is 5.32 Å². The lowest BCUT2D eigenvalue weighted by atomic mass is 10.1. The number of hydrogen-bond acceptors (Lipinski definition) is 2. The van der Waals surface area contributed by atoms with Crippen LogP contribution >= 0.6 is 0 Å². The van der Waals surface area contributed by atoms with E-state index in [9.17, 15) is 4.39 Å². The first kappa shape index (κ1) is 13.5. The lowest BCUT2D eigenvalue weighted by Crippen LogP contribution is -2.06. The van der Waals surface area contributed by atoms with Crippen LogP contribution in [-0.4, -0.2) is 16.8 Å². The Morgan fingerprint density at radius 3 is 2.62 bits per heavy atom. The van der Waals surface area contributed by atoms with Gasteiger partial charge in [0.1, 0.15) is 11.5 Å². The molecule has 1 aromatic heterocycles. The first-order valence-corrected chi connectivity index (χ1v) is 6.81. The maximum Gasteiger partial charge on any atom is 0.149 e. The number of nitrogens with one attached hydrogen (secondary N) is 1. The van der Waals surface area contributed by atoms with Crippen molar-refractivity contribution >= 4 is 0 Å². The number of halogens is 1. The largest absolute Gasteiger partial charge is 0.316 e. The molecule has 0 saturated heterocycles. The molecule has 21 heavy (non-hydrogen) atoms. The summed E-state index contributed by atoms with van der Waals surface area (Å²) < 4.78 is 15.8. The van der Waals surface area contributed by atoms with Crippen LogP contribution in [-0.2, 0) is 6.54 Å². The Morgan fingerprint density at radius 2 is 1.90 bits per heavy atom. The van der Waals surface area contributed by atoms with Gasteiger partial charge in [0, 0.05) is 18.3 Å². The van der Waals surface area contributed by atoms with E-state index in [4.69, 9.17) is 0 Å². The predicted octanol–water partition coefficient (Wildman–Crippen LogP) is 3.40. The summed E-state index contributed by atoms with van der Waals surface area (Å²) in [6.07, 6.45) is 3.59. The van der Waals surface area contributed by atoms with Crippen molar-refractivity contribution in [3.05, 3.63) is 72.3 Å². The molecule has 0 amide bonds. The molecule has 0 spiro atoms. The third-order valence-corrected chi connectivity index (χ3v) is 3.33. The van der Waals surface area contributed by atoms with Crippen LogP contribution in [0.25, 0.3) is 16.8 Å². The van der Waals surface area contributed by atoms with E-state index in [0.29, 0.717) is 12.2 Å².